The van der Waals surface area contributed by atoms with E-state index in [0.29, 0.717) is 0 Å². The summed E-state index contributed by atoms with van der Waals surface area (Å²) >= 11 is 3.96. The standard InChI is InChI=1S/C76H58B2N4S2/c1-76(2,3)52-43-41-51(42-44-52)60-35-19-22-38-65(60)82-67-50-71-64(49-63(67)78-62-37-21-24-40-70(62)83-72-47-59(46-69(82)75(72)78)80(55-29-13-6-14-30-55)56-31-15-7-16-32-56)77-61-36-20-23-39-66(61)81(57-33-17-8-18-34-57)68-45-58(48-73(84-71)74(68)77)79(53-25-9-4-10-26-53)54-27-11-5-12-28-54/h4-50,64,71H,1-3H3. The lowest BCUT2D eigenvalue weighted by molar-refractivity contribution is 0.590. The molecule has 4 aliphatic heterocycles. The smallest absolute Gasteiger partial charge is 0.249 e. The Morgan fingerprint density at radius 2 is 0.905 bits per heavy atom. The van der Waals surface area contributed by atoms with Gasteiger partial charge < -0.3 is 19.6 Å². The molecule has 0 fully saturated rings. The first kappa shape index (κ1) is 50.6. The molecule has 11 aromatic carbocycles. The highest BCUT2D eigenvalue weighted by Gasteiger charge is 2.52. The van der Waals surface area contributed by atoms with Gasteiger partial charge in [-0.2, -0.15) is 0 Å². The minimum absolute atomic E-state index is 0.0109. The van der Waals surface area contributed by atoms with Gasteiger partial charge in [0.1, 0.15) is 0 Å². The highest BCUT2D eigenvalue weighted by molar-refractivity contribution is 8.00. The molecule has 8 heteroatoms. The van der Waals surface area contributed by atoms with Crippen molar-refractivity contribution in [2.24, 2.45) is 0 Å². The molecule has 11 aromatic rings. The van der Waals surface area contributed by atoms with E-state index in [-0.39, 0.29) is 29.9 Å². The first-order valence-electron chi connectivity index (χ1n) is 29.3. The van der Waals surface area contributed by atoms with Crippen molar-refractivity contribution in [2.45, 2.75) is 51.9 Å². The van der Waals surface area contributed by atoms with Gasteiger partial charge in [0, 0.05) is 88.1 Å². The predicted octanol–water partition coefficient (Wildman–Crippen LogP) is 18.1. The normalized spacial score (nSPS) is 16.0. The van der Waals surface area contributed by atoms with Gasteiger partial charge in [-0.3, -0.25) is 0 Å². The van der Waals surface area contributed by atoms with Crippen LogP contribution in [0.2, 0.25) is 5.82 Å². The van der Waals surface area contributed by atoms with Crippen LogP contribution < -0.4 is 41.5 Å². The molecule has 16 rings (SSSR count). The van der Waals surface area contributed by atoms with Gasteiger partial charge in [-0.05, 0) is 153 Å². The molecular weight excluding hydrogens is 1050 g/mol. The number of hydrogen-bond donors (Lipinski definition) is 0. The summed E-state index contributed by atoms with van der Waals surface area (Å²) < 4.78 is 0. The van der Waals surface area contributed by atoms with E-state index in [0.717, 1.165) is 45.5 Å². The lowest BCUT2D eigenvalue weighted by Crippen LogP contribution is -2.59. The first-order chi connectivity index (χ1) is 41.3. The molecular formula is C76H58B2N4S2. The fraction of sp³-hybridized carbons (Fsp3) is 0.0789. The fourth-order valence-corrected chi connectivity index (χ4v) is 16.5. The Labute approximate surface area is 502 Å². The van der Waals surface area contributed by atoms with Crippen LogP contribution in [-0.2, 0) is 5.41 Å². The van der Waals surface area contributed by atoms with Gasteiger partial charge in [-0.1, -0.05) is 214 Å². The van der Waals surface area contributed by atoms with E-state index in [2.05, 4.69) is 326 Å². The molecule has 84 heavy (non-hydrogen) atoms. The van der Waals surface area contributed by atoms with Gasteiger partial charge in [-0.25, -0.2) is 0 Å². The SMILES string of the molecule is CC(C)(C)c1ccc(-c2ccccc2N2C3=CC4Sc5cc(N(c6ccccc6)c6ccccc6)cc6c5B(c5ccccc5N6c5ccccc5)C4C=C3B3c4ccccc4Sc4cc(N(c5ccccc5)c5ccccc5)cc2c43)cc1. The molecule has 0 amide bonds. The summed E-state index contributed by atoms with van der Waals surface area (Å²) in [6.07, 6.45) is 5.46. The number of nitrogens with zero attached hydrogens (tertiary/aromatic N) is 4. The monoisotopic (exact) mass is 1110 g/mol. The van der Waals surface area contributed by atoms with Gasteiger partial charge >= 0.3 is 0 Å². The van der Waals surface area contributed by atoms with Crippen molar-refractivity contribution in [3.8, 4) is 11.1 Å². The Morgan fingerprint density at radius 1 is 0.405 bits per heavy atom. The van der Waals surface area contributed by atoms with E-state index in [4.69, 9.17) is 0 Å². The van der Waals surface area contributed by atoms with Crippen LogP contribution in [0.4, 0.5) is 62.6 Å². The number of anilines is 11. The van der Waals surface area contributed by atoms with Crippen molar-refractivity contribution >= 4 is 121 Å². The molecule has 0 saturated carbocycles. The molecule has 5 aliphatic rings. The summed E-state index contributed by atoms with van der Waals surface area (Å²) in [6, 6.07) is 101. The number of rotatable bonds is 9. The number of fused-ring (bicyclic) bond motifs is 8. The summed E-state index contributed by atoms with van der Waals surface area (Å²) in [7, 11) is 0. The Balaban J connectivity index is 0.965. The molecule has 0 N–H and O–H groups in total. The van der Waals surface area contributed by atoms with E-state index < -0.39 is 0 Å². The van der Waals surface area contributed by atoms with Crippen molar-refractivity contribution in [1.29, 1.82) is 0 Å². The number of benzene rings is 11. The topological polar surface area (TPSA) is 13.0 Å². The molecule has 0 aromatic heterocycles. The second kappa shape index (κ2) is 20.4. The molecule has 1 aliphatic carbocycles. The van der Waals surface area contributed by atoms with Crippen LogP contribution in [-0.4, -0.2) is 18.7 Å². The molecule has 4 nitrogen and oxygen atoms in total. The first-order valence-corrected chi connectivity index (χ1v) is 31.0. The average molecular weight is 1110 g/mol. The zero-order chi connectivity index (χ0) is 56.0. The maximum absolute atomic E-state index is 2.76. The summed E-state index contributed by atoms with van der Waals surface area (Å²) in [5.41, 5.74) is 24.5. The predicted molar refractivity (Wildman–Crippen MR) is 360 cm³/mol. The molecule has 2 unspecified atom stereocenters. The van der Waals surface area contributed by atoms with Crippen molar-refractivity contribution < 1.29 is 0 Å². The van der Waals surface area contributed by atoms with Crippen LogP contribution in [0.25, 0.3) is 11.1 Å². The third-order valence-corrected chi connectivity index (χ3v) is 20.1. The summed E-state index contributed by atoms with van der Waals surface area (Å²) in [5.74, 6) is 0.129. The lowest BCUT2D eigenvalue weighted by atomic mass is 9.28. The molecule has 2 atom stereocenters. The van der Waals surface area contributed by atoms with Crippen LogP contribution in [0.3, 0.4) is 0 Å². The Morgan fingerprint density at radius 3 is 1.50 bits per heavy atom. The van der Waals surface area contributed by atoms with E-state index in [1.807, 2.05) is 23.5 Å². The Kier molecular flexibility index (Phi) is 12.3. The zero-order valence-corrected chi connectivity index (χ0v) is 48.7. The molecule has 0 bridgehead atoms. The van der Waals surface area contributed by atoms with Gasteiger partial charge in [0.15, 0.2) is 0 Å². The van der Waals surface area contributed by atoms with Crippen LogP contribution >= 0.6 is 23.5 Å². The van der Waals surface area contributed by atoms with Crippen LogP contribution in [0.15, 0.2) is 311 Å². The largest absolute Gasteiger partial charge is 0.311 e. The zero-order valence-electron chi connectivity index (χ0n) is 47.1. The maximum Gasteiger partial charge on any atom is 0.249 e. The third kappa shape index (κ3) is 8.40. The summed E-state index contributed by atoms with van der Waals surface area (Å²) in [6.45, 7) is 6.96. The number of thioether (sulfide) groups is 1. The van der Waals surface area contributed by atoms with Crippen LogP contribution in [0, 0.1) is 0 Å². The van der Waals surface area contributed by atoms with E-state index in [1.54, 1.807) is 0 Å². The summed E-state index contributed by atoms with van der Waals surface area (Å²) in [4.78, 5) is 14.0. The highest BCUT2D eigenvalue weighted by Crippen LogP contribution is 2.56. The third-order valence-electron chi connectivity index (χ3n) is 17.6. The van der Waals surface area contributed by atoms with Gasteiger partial charge in [0.05, 0.1) is 5.69 Å². The molecule has 0 saturated heterocycles. The molecule has 400 valence electrons. The van der Waals surface area contributed by atoms with Gasteiger partial charge in [0.2, 0.25) is 13.4 Å². The number of hydrogen-bond acceptors (Lipinski definition) is 6. The molecule has 0 radical (unpaired) electrons. The van der Waals surface area contributed by atoms with E-state index in [9.17, 15) is 0 Å². The molecule has 0 spiro atoms. The summed E-state index contributed by atoms with van der Waals surface area (Å²) in [5, 5.41) is 0.0749. The van der Waals surface area contributed by atoms with E-state index >= 15 is 0 Å². The van der Waals surface area contributed by atoms with Crippen molar-refractivity contribution in [1.82, 2.24) is 0 Å². The minimum Gasteiger partial charge on any atom is -0.311 e. The quantitative estimate of drug-likeness (QED) is 0.133. The second-order valence-corrected chi connectivity index (χ2v) is 25.9. The highest BCUT2D eigenvalue weighted by atomic mass is 32.2. The maximum atomic E-state index is 2.76. The van der Waals surface area contributed by atoms with Crippen LogP contribution in [0.5, 0.6) is 0 Å². The number of allylic oxidation sites excluding steroid dienone is 2. The molecule has 4 heterocycles. The fourth-order valence-electron chi connectivity index (χ4n) is 13.9. The van der Waals surface area contributed by atoms with Crippen molar-refractivity contribution in [3.05, 3.63) is 302 Å². The average Bonchev–Trinajstić information content (AvgIpc) is 1.26. The lowest BCUT2D eigenvalue weighted by Gasteiger charge is -2.49. The Bertz CT molecular complexity index is 4320. The van der Waals surface area contributed by atoms with Crippen LogP contribution in [0.1, 0.15) is 26.3 Å². The Hall–Kier alpha value is -9.07. The van der Waals surface area contributed by atoms with Gasteiger partial charge in [0.25, 0.3) is 0 Å². The second-order valence-electron chi connectivity index (χ2n) is 23.6. The number of para-hydroxylation sites is 7. The van der Waals surface area contributed by atoms with Gasteiger partial charge in [-0.15, -0.1) is 11.8 Å². The van der Waals surface area contributed by atoms with Crippen molar-refractivity contribution in [2.75, 3.05) is 19.6 Å². The minimum atomic E-state index is -0.0109. The van der Waals surface area contributed by atoms with E-state index in [1.165, 1.54) is 81.5 Å². The van der Waals surface area contributed by atoms with Crippen molar-refractivity contribution in [3.63, 3.8) is 0 Å².